The van der Waals surface area contributed by atoms with Crippen molar-refractivity contribution in [3.05, 3.63) is 24.3 Å². The van der Waals surface area contributed by atoms with Crippen LogP contribution in [0.4, 0.5) is 0 Å². The van der Waals surface area contributed by atoms with Crippen molar-refractivity contribution < 1.29 is 0 Å². The molecule has 0 aromatic carbocycles. The van der Waals surface area contributed by atoms with Gasteiger partial charge in [0.2, 0.25) is 0 Å². The molecule has 0 aromatic rings. The van der Waals surface area contributed by atoms with E-state index < -0.39 is 0 Å². The van der Waals surface area contributed by atoms with Gasteiger partial charge in [-0.1, -0.05) is 70.8 Å². The number of hydrogen-bond donors (Lipinski definition) is 0. The zero-order valence-electron chi connectivity index (χ0n) is 13.6. The van der Waals surface area contributed by atoms with Gasteiger partial charge in [0.25, 0.3) is 0 Å². The Hall–Kier alpha value is -0.520. The van der Waals surface area contributed by atoms with Crippen molar-refractivity contribution in [3.8, 4) is 0 Å². The summed E-state index contributed by atoms with van der Waals surface area (Å²) < 4.78 is 0. The highest BCUT2D eigenvalue weighted by Crippen LogP contribution is 2.36. The number of rotatable bonds is 4. The Labute approximate surface area is 121 Å². The summed E-state index contributed by atoms with van der Waals surface area (Å²) >= 11 is 0. The molecule has 0 nitrogen and oxygen atoms in total. The van der Waals surface area contributed by atoms with Crippen molar-refractivity contribution in [2.75, 3.05) is 0 Å². The van der Waals surface area contributed by atoms with Gasteiger partial charge in [-0.25, -0.2) is 0 Å². The maximum absolute atomic E-state index is 4.31. The van der Waals surface area contributed by atoms with Crippen molar-refractivity contribution >= 4 is 0 Å². The van der Waals surface area contributed by atoms with Crippen molar-refractivity contribution in [2.45, 2.75) is 72.6 Å². The van der Waals surface area contributed by atoms with E-state index in [1.54, 1.807) is 0 Å². The van der Waals surface area contributed by atoms with Gasteiger partial charge in [-0.05, 0) is 49.9 Å². The molecule has 1 rings (SSSR count). The van der Waals surface area contributed by atoms with Crippen molar-refractivity contribution in [1.82, 2.24) is 0 Å². The molecule has 0 heterocycles. The van der Waals surface area contributed by atoms with Crippen LogP contribution in [0.25, 0.3) is 0 Å². The summed E-state index contributed by atoms with van der Waals surface area (Å²) in [6.07, 6.45) is 14.1. The maximum Gasteiger partial charge on any atom is -0.0165 e. The van der Waals surface area contributed by atoms with Crippen LogP contribution in [-0.2, 0) is 0 Å². The number of allylic oxidation sites excluding steroid dienone is 3. The van der Waals surface area contributed by atoms with Gasteiger partial charge in [-0.3, -0.25) is 0 Å². The first kappa shape index (κ1) is 16.5. The normalized spacial score (nSPS) is 33.7. The Bertz CT molecular complexity index is 286. The molecule has 1 aliphatic carbocycles. The van der Waals surface area contributed by atoms with Gasteiger partial charge >= 0.3 is 0 Å². The van der Waals surface area contributed by atoms with Gasteiger partial charge in [0.1, 0.15) is 0 Å². The van der Waals surface area contributed by atoms with E-state index >= 15 is 0 Å². The fraction of sp³-hybridized carbons (Fsp3) is 0.789. The molecular weight excluding hydrogens is 228 g/mol. The molecule has 3 unspecified atom stereocenters. The summed E-state index contributed by atoms with van der Waals surface area (Å²) in [4.78, 5) is 0. The third kappa shape index (κ3) is 5.55. The van der Waals surface area contributed by atoms with Crippen molar-refractivity contribution in [2.24, 2.45) is 23.7 Å². The highest BCUT2D eigenvalue weighted by atomic mass is 14.3. The molecule has 0 heteroatoms. The van der Waals surface area contributed by atoms with Crippen molar-refractivity contribution in [1.29, 1.82) is 0 Å². The number of hydrogen-bond acceptors (Lipinski definition) is 0. The Morgan fingerprint density at radius 2 is 1.89 bits per heavy atom. The van der Waals surface area contributed by atoms with Gasteiger partial charge in [0.05, 0.1) is 0 Å². The lowest BCUT2D eigenvalue weighted by Gasteiger charge is -2.24. The second-order valence-electron chi connectivity index (χ2n) is 6.79. The van der Waals surface area contributed by atoms with Crippen LogP contribution in [0.1, 0.15) is 72.6 Å². The summed E-state index contributed by atoms with van der Waals surface area (Å²) in [5.41, 5.74) is 1.36. The standard InChI is InChI=1S/C19H34/c1-6-8-16(4)19-13-12-18(9-7-2)17(5)11-10-15(3)14-19/h6,8,15,17-19H,4,7,9-14H2,1-3,5H3/b8-6-/t15?,17-,18?,19?/m0/s1. The second-order valence-corrected chi connectivity index (χ2v) is 6.79. The molecule has 19 heavy (non-hydrogen) atoms. The Morgan fingerprint density at radius 1 is 1.16 bits per heavy atom. The van der Waals surface area contributed by atoms with Gasteiger partial charge < -0.3 is 0 Å². The largest absolute Gasteiger partial charge is 0.0956 e. The predicted octanol–water partition coefficient (Wildman–Crippen LogP) is 6.39. The first-order chi connectivity index (χ1) is 9.08. The maximum atomic E-state index is 4.31. The third-order valence-electron chi connectivity index (χ3n) is 5.06. The van der Waals surface area contributed by atoms with Crippen LogP contribution in [-0.4, -0.2) is 0 Å². The zero-order valence-corrected chi connectivity index (χ0v) is 13.6. The van der Waals surface area contributed by atoms with Gasteiger partial charge in [0, 0.05) is 0 Å². The Kier molecular flexibility index (Phi) is 7.49. The summed E-state index contributed by atoms with van der Waals surface area (Å²) in [6.45, 7) is 13.7. The minimum Gasteiger partial charge on any atom is -0.0956 e. The molecule has 1 fully saturated rings. The molecule has 0 aliphatic heterocycles. The van der Waals surface area contributed by atoms with E-state index in [1.165, 1.54) is 50.5 Å². The van der Waals surface area contributed by atoms with Crippen molar-refractivity contribution in [3.63, 3.8) is 0 Å². The monoisotopic (exact) mass is 262 g/mol. The molecule has 110 valence electrons. The van der Waals surface area contributed by atoms with E-state index in [9.17, 15) is 0 Å². The minimum atomic E-state index is 0.718. The van der Waals surface area contributed by atoms with Crippen LogP contribution in [0.3, 0.4) is 0 Å². The highest BCUT2D eigenvalue weighted by Gasteiger charge is 2.24. The molecule has 0 amide bonds. The summed E-state index contributed by atoms with van der Waals surface area (Å²) in [5, 5.41) is 0. The highest BCUT2D eigenvalue weighted by molar-refractivity contribution is 5.17. The van der Waals surface area contributed by atoms with E-state index in [0.29, 0.717) is 0 Å². The smallest absolute Gasteiger partial charge is 0.0165 e. The fourth-order valence-electron chi connectivity index (χ4n) is 3.69. The first-order valence-corrected chi connectivity index (χ1v) is 8.39. The van der Waals surface area contributed by atoms with E-state index in [-0.39, 0.29) is 0 Å². The average molecular weight is 262 g/mol. The Morgan fingerprint density at radius 3 is 2.53 bits per heavy atom. The molecule has 4 atom stereocenters. The van der Waals surface area contributed by atoms with Gasteiger partial charge in [0.15, 0.2) is 0 Å². The first-order valence-electron chi connectivity index (χ1n) is 8.39. The zero-order chi connectivity index (χ0) is 14.3. The topological polar surface area (TPSA) is 0 Å². The Balaban J connectivity index is 2.72. The van der Waals surface area contributed by atoms with Crippen LogP contribution >= 0.6 is 0 Å². The minimum absolute atomic E-state index is 0.718. The van der Waals surface area contributed by atoms with Crippen LogP contribution in [0, 0.1) is 23.7 Å². The van der Waals surface area contributed by atoms with E-state index in [1.807, 2.05) is 0 Å². The lowest BCUT2D eigenvalue weighted by Crippen LogP contribution is -2.12. The molecule has 0 saturated heterocycles. The van der Waals surface area contributed by atoms with Crippen LogP contribution in [0.2, 0.25) is 0 Å². The molecule has 0 aromatic heterocycles. The summed E-state index contributed by atoms with van der Waals surface area (Å²) in [5.74, 6) is 3.43. The van der Waals surface area contributed by atoms with E-state index in [4.69, 9.17) is 0 Å². The predicted molar refractivity (Wildman–Crippen MR) is 87.3 cm³/mol. The molecule has 1 aliphatic rings. The quantitative estimate of drug-likeness (QED) is 0.515. The molecule has 0 N–H and O–H groups in total. The fourth-order valence-corrected chi connectivity index (χ4v) is 3.69. The average Bonchev–Trinajstić information content (AvgIpc) is 2.44. The summed E-state index contributed by atoms with van der Waals surface area (Å²) in [7, 11) is 0. The summed E-state index contributed by atoms with van der Waals surface area (Å²) in [6, 6.07) is 0. The van der Waals surface area contributed by atoms with E-state index in [2.05, 4.69) is 46.4 Å². The lowest BCUT2D eigenvalue weighted by atomic mass is 9.82. The van der Waals surface area contributed by atoms with Gasteiger partial charge in [-0.2, -0.15) is 0 Å². The van der Waals surface area contributed by atoms with Crippen LogP contribution < -0.4 is 0 Å². The second kappa shape index (κ2) is 8.61. The molecule has 0 bridgehead atoms. The molecular formula is C19H34. The molecule has 1 saturated carbocycles. The molecule has 0 spiro atoms. The third-order valence-corrected chi connectivity index (χ3v) is 5.06. The van der Waals surface area contributed by atoms with E-state index in [0.717, 1.165) is 23.7 Å². The lowest BCUT2D eigenvalue weighted by molar-refractivity contribution is 0.284. The van der Waals surface area contributed by atoms with Gasteiger partial charge in [-0.15, -0.1) is 0 Å². The van der Waals surface area contributed by atoms with Crippen LogP contribution in [0.15, 0.2) is 24.3 Å². The van der Waals surface area contributed by atoms with Crippen LogP contribution in [0.5, 0.6) is 0 Å². The SMILES string of the molecule is C=C(/C=C\C)C1CCC(CCC)[C@@H](C)CCC(C)C1. The molecule has 0 radical (unpaired) electrons.